The number of thiophene rings is 1. The fourth-order valence-electron chi connectivity index (χ4n) is 5.11. The summed E-state index contributed by atoms with van der Waals surface area (Å²) in [7, 11) is 0. The molecule has 0 amide bonds. The summed E-state index contributed by atoms with van der Waals surface area (Å²) in [6.07, 6.45) is 1.60. The van der Waals surface area contributed by atoms with Crippen molar-refractivity contribution in [2.45, 2.75) is 25.7 Å². The summed E-state index contributed by atoms with van der Waals surface area (Å²) in [5.41, 5.74) is 1.02. The second-order valence-corrected chi connectivity index (χ2v) is 10.7. The number of fused-ring (bicyclic) bond motifs is 5. The predicted octanol–water partition coefficient (Wildman–Crippen LogP) is 3.85. The molecule has 0 atom stereocenters. The Labute approximate surface area is 229 Å². The van der Waals surface area contributed by atoms with E-state index in [9.17, 15) is 14.4 Å². The molecule has 2 aromatic carbocycles. The maximum atomic E-state index is 12.7. The highest BCUT2D eigenvalue weighted by Gasteiger charge is 2.22. The molecule has 4 aromatic rings. The highest BCUT2D eigenvalue weighted by molar-refractivity contribution is 7.17. The maximum absolute atomic E-state index is 12.7. The van der Waals surface area contributed by atoms with E-state index in [2.05, 4.69) is 39.4 Å². The number of hydrogen-bond donors (Lipinski definition) is 0. The van der Waals surface area contributed by atoms with Crippen LogP contribution >= 0.6 is 11.3 Å². The van der Waals surface area contributed by atoms with Gasteiger partial charge in [-0.05, 0) is 61.2 Å². The molecule has 0 saturated carbocycles. The van der Waals surface area contributed by atoms with Crippen LogP contribution in [0.25, 0.3) is 21.0 Å². The average molecular weight is 548 g/mol. The van der Waals surface area contributed by atoms with Crippen molar-refractivity contribution in [3.63, 3.8) is 0 Å². The summed E-state index contributed by atoms with van der Waals surface area (Å²) >= 11 is 1.79. The average Bonchev–Trinajstić information content (AvgIpc) is 3.44. The minimum atomic E-state index is -0.699. The van der Waals surface area contributed by atoms with Crippen molar-refractivity contribution >= 4 is 50.0 Å². The van der Waals surface area contributed by atoms with Gasteiger partial charge in [-0.15, -0.1) is 16.1 Å². The van der Waals surface area contributed by atoms with Gasteiger partial charge < -0.3 is 19.2 Å². The SMILES string of the molecule is O=C1CCC(=O)On2c(=O)c(cc3ccc(OCCCCN4CCN(c5cccc6sccc56)CC4)cc32)O1. The van der Waals surface area contributed by atoms with E-state index in [1.165, 1.54) is 21.8 Å². The van der Waals surface area contributed by atoms with Gasteiger partial charge in [0.25, 0.3) is 0 Å². The minimum absolute atomic E-state index is 0.149. The van der Waals surface area contributed by atoms with Crippen LogP contribution in [0, 0.1) is 0 Å². The first-order chi connectivity index (χ1) is 19.0. The third-order valence-corrected chi connectivity index (χ3v) is 8.06. The minimum Gasteiger partial charge on any atom is -0.494 e. The summed E-state index contributed by atoms with van der Waals surface area (Å²) in [6, 6.07) is 15.5. The first-order valence-corrected chi connectivity index (χ1v) is 14.1. The quantitative estimate of drug-likeness (QED) is 0.255. The molecule has 0 unspecified atom stereocenters. The maximum Gasteiger partial charge on any atom is 0.333 e. The van der Waals surface area contributed by atoms with E-state index >= 15 is 0 Å². The number of pyridine rings is 1. The van der Waals surface area contributed by atoms with Crippen molar-refractivity contribution in [3.05, 3.63) is 64.3 Å². The molecule has 39 heavy (non-hydrogen) atoms. The van der Waals surface area contributed by atoms with Crippen molar-refractivity contribution in [1.29, 1.82) is 0 Å². The zero-order valence-corrected chi connectivity index (χ0v) is 22.3. The van der Waals surface area contributed by atoms with Gasteiger partial charge in [0, 0.05) is 53.4 Å². The number of rotatable bonds is 7. The van der Waals surface area contributed by atoms with Gasteiger partial charge in [0.1, 0.15) is 5.75 Å². The van der Waals surface area contributed by atoms with Crippen molar-refractivity contribution < 1.29 is 23.9 Å². The number of benzene rings is 2. The molecule has 6 rings (SSSR count). The van der Waals surface area contributed by atoms with Crippen LogP contribution in [-0.4, -0.2) is 60.9 Å². The second kappa shape index (κ2) is 11.1. The smallest absolute Gasteiger partial charge is 0.333 e. The van der Waals surface area contributed by atoms with E-state index in [1.807, 2.05) is 0 Å². The molecular weight excluding hydrogens is 518 g/mol. The Hall–Kier alpha value is -3.89. The number of unbranched alkanes of at least 4 members (excludes halogenated alkanes) is 1. The van der Waals surface area contributed by atoms with E-state index in [-0.39, 0.29) is 18.6 Å². The summed E-state index contributed by atoms with van der Waals surface area (Å²) in [5.74, 6) is -0.914. The van der Waals surface area contributed by atoms with E-state index in [4.69, 9.17) is 14.3 Å². The Balaban J connectivity index is 1.01. The summed E-state index contributed by atoms with van der Waals surface area (Å²) in [6.45, 7) is 5.69. The van der Waals surface area contributed by atoms with E-state index in [0.29, 0.717) is 23.3 Å². The lowest BCUT2D eigenvalue weighted by Gasteiger charge is -2.36. The summed E-state index contributed by atoms with van der Waals surface area (Å²) in [4.78, 5) is 47.0. The molecule has 2 bridgehead atoms. The molecule has 2 aliphatic heterocycles. The number of nitrogens with zero attached hydrogens (tertiary/aromatic N) is 3. The third-order valence-electron chi connectivity index (χ3n) is 7.18. The van der Waals surface area contributed by atoms with E-state index < -0.39 is 17.5 Å². The van der Waals surface area contributed by atoms with Crippen LogP contribution in [0.3, 0.4) is 0 Å². The third kappa shape index (κ3) is 5.48. The molecule has 0 spiro atoms. The van der Waals surface area contributed by atoms with Gasteiger partial charge in [-0.2, -0.15) is 0 Å². The number of anilines is 1. The first-order valence-electron chi connectivity index (χ1n) is 13.2. The second-order valence-electron chi connectivity index (χ2n) is 9.76. The summed E-state index contributed by atoms with van der Waals surface area (Å²) in [5, 5.41) is 4.10. The number of esters is 1. The molecular formula is C29H29N3O6S. The van der Waals surface area contributed by atoms with Crippen LogP contribution in [0.2, 0.25) is 0 Å². The number of piperazine rings is 1. The number of hydrogen-bond acceptors (Lipinski definition) is 9. The number of aromatic nitrogens is 1. The number of carbonyl (C=O) groups is 2. The van der Waals surface area contributed by atoms with Crippen LogP contribution in [-0.2, 0) is 9.59 Å². The molecule has 0 N–H and O–H groups in total. The highest BCUT2D eigenvalue weighted by Crippen LogP contribution is 2.31. The number of ether oxygens (including phenoxy) is 2. The van der Waals surface area contributed by atoms with Gasteiger partial charge in [-0.3, -0.25) is 14.5 Å². The van der Waals surface area contributed by atoms with Crippen molar-refractivity contribution in [3.8, 4) is 11.5 Å². The van der Waals surface area contributed by atoms with Crippen LogP contribution in [0.15, 0.2) is 58.7 Å². The Morgan fingerprint density at radius 1 is 0.897 bits per heavy atom. The van der Waals surface area contributed by atoms with Crippen LogP contribution < -0.4 is 24.8 Å². The normalized spacial score (nSPS) is 16.5. The molecule has 1 saturated heterocycles. The molecule has 2 aromatic heterocycles. The predicted molar refractivity (Wildman–Crippen MR) is 150 cm³/mol. The largest absolute Gasteiger partial charge is 0.494 e. The van der Waals surface area contributed by atoms with Crippen molar-refractivity contribution in [2.24, 2.45) is 0 Å². The molecule has 2 aliphatic rings. The Kier molecular flexibility index (Phi) is 7.21. The van der Waals surface area contributed by atoms with E-state index in [0.717, 1.165) is 50.3 Å². The highest BCUT2D eigenvalue weighted by atomic mass is 32.1. The van der Waals surface area contributed by atoms with Gasteiger partial charge in [0.2, 0.25) is 0 Å². The Bertz CT molecular complexity index is 1590. The Morgan fingerprint density at radius 2 is 1.74 bits per heavy atom. The van der Waals surface area contributed by atoms with Crippen LogP contribution in [0.1, 0.15) is 25.7 Å². The zero-order valence-electron chi connectivity index (χ0n) is 21.5. The lowest BCUT2D eigenvalue weighted by atomic mass is 10.2. The molecule has 4 heterocycles. The fourth-order valence-corrected chi connectivity index (χ4v) is 5.91. The first kappa shape index (κ1) is 25.4. The summed E-state index contributed by atoms with van der Waals surface area (Å²) < 4.78 is 13.3. The fraction of sp³-hybridized carbons (Fsp3) is 0.345. The van der Waals surface area contributed by atoms with E-state index in [1.54, 1.807) is 29.5 Å². The zero-order chi connectivity index (χ0) is 26.8. The van der Waals surface area contributed by atoms with Gasteiger partial charge in [0.15, 0.2) is 5.75 Å². The molecule has 9 nitrogen and oxygen atoms in total. The topological polar surface area (TPSA) is 90.3 Å². The Morgan fingerprint density at radius 3 is 2.62 bits per heavy atom. The van der Waals surface area contributed by atoms with Gasteiger partial charge in [-0.1, -0.05) is 6.07 Å². The molecule has 1 fully saturated rings. The standard InChI is InChI=1S/C29H29N3O6S/c33-27-8-9-28(34)38-32-24-19-21(7-6-20(24)18-25(37-27)29(32)35)36-16-2-1-11-30-12-14-31(15-13-30)23-4-3-5-26-22(23)10-17-39-26/h3-7,10,17-19H,1-2,8-9,11-16H2. The molecule has 0 aliphatic carbocycles. The van der Waals surface area contributed by atoms with Crippen LogP contribution in [0.4, 0.5) is 5.69 Å². The van der Waals surface area contributed by atoms with Crippen molar-refractivity contribution in [1.82, 2.24) is 9.63 Å². The monoisotopic (exact) mass is 547 g/mol. The lowest BCUT2D eigenvalue weighted by molar-refractivity contribution is -0.146. The number of carbonyl (C=O) groups excluding carboxylic acids is 2. The van der Waals surface area contributed by atoms with Gasteiger partial charge >= 0.3 is 17.5 Å². The molecule has 202 valence electrons. The lowest BCUT2D eigenvalue weighted by Crippen LogP contribution is -2.46. The molecule has 0 radical (unpaired) electrons. The van der Waals surface area contributed by atoms with Gasteiger partial charge in [0.05, 0.1) is 25.0 Å². The van der Waals surface area contributed by atoms with Crippen LogP contribution in [0.5, 0.6) is 11.5 Å². The van der Waals surface area contributed by atoms with Gasteiger partial charge in [-0.25, -0.2) is 4.79 Å². The van der Waals surface area contributed by atoms with Crippen molar-refractivity contribution in [2.75, 3.05) is 44.2 Å². The molecule has 10 heteroatoms.